The van der Waals surface area contributed by atoms with E-state index in [0.717, 1.165) is 12.2 Å². The van der Waals surface area contributed by atoms with Crippen LogP contribution in [0.2, 0.25) is 0 Å². The van der Waals surface area contributed by atoms with Gasteiger partial charge in [-0.2, -0.15) is 0 Å². The van der Waals surface area contributed by atoms with Crippen molar-refractivity contribution in [3.05, 3.63) is 12.2 Å². The number of carboxylic acid groups (broad SMARTS) is 1. The van der Waals surface area contributed by atoms with E-state index in [4.69, 9.17) is 9.84 Å². The minimum Gasteiger partial charge on any atom is -0.478 e. The van der Waals surface area contributed by atoms with E-state index in [1.54, 1.807) is 0 Å². The highest BCUT2D eigenvalue weighted by Crippen LogP contribution is 1.75. The molecule has 0 aliphatic rings. The molecular formula is C8H13NO4. The van der Waals surface area contributed by atoms with Gasteiger partial charge in [0.05, 0.1) is 6.61 Å². The Labute approximate surface area is 76.4 Å². The van der Waals surface area contributed by atoms with Gasteiger partial charge in [0.1, 0.15) is 0 Å². The summed E-state index contributed by atoms with van der Waals surface area (Å²) < 4.78 is 4.95. The number of hydrogen-bond acceptors (Lipinski definition) is 3. The normalized spacial score (nSPS) is 10.2. The van der Waals surface area contributed by atoms with Crippen molar-refractivity contribution in [2.24, 2.45) is 0 Å². The van der Waals surface area contributed by atoms with Crippen LogP contribution in [0.15, 0.2) is 12.2 Å². The standard InChI is InChI=1S/C8H13NO4/c1-2-13-6-5-9-7(10)3-4-8(11)12/h3-4H,2,5-6H2,1H3,(H,9,10)(H,11,12)/b4-3+. The van der Waals surface area contributed by atoms with E-state index < -0.39 is 11.9 Å². The second-order valence-corrected chi connectivity index (χ2v) is 2.16. The Hall–Kier alpha value is -1.36. The van der Waals surface area contributed by atoms with Crippen LogP contribution in [0, 0.1) is 0 Å². The Balaban J connectivity index is 3.46. The van der Waals surface area contributed by atoms with Gasteiger partial charge in [-0.15, -0.1) is 0 Å². The number of amides is 1. The van der Waals surface area contributed by atoms with Crippen LogP contribution in [-0.2, 0) is 14.3 Å². The van der Waals surface area contributed by atoms with Gasteiger partial charge >= 0.3 is 5.97 Å². The third-order valence-electron chi connectivity index (χ3n) is 1.13. The molecule has 0 atom stereocenters. The lowest BCUT2D eigenvalue weighted by Gasteiger charge is -2.01. The first-order valence-corrected chi connectivity index (χ1v) is 3.93. The maximum atomic E-state index is 10.8. The van der Waals surface area contributed by atoms with Gasteiger partial charge in [-0.25, -0.2) is 4.79 Å². The third kappa shape index (κ3) is 8.55. The van der Waals surface area contributed by atoms with Crippen LogP contribution in [0.3, 0.4) is 0 Å². The molecule has 0 bridgehead atoms. The summed E-state index contributed by atoms with van der Waals surface area (Å²) in [5.74, 6) is -1.57. The number of hydrogen-bond donors (Lipinski definition) is 2. The van der Waals surface area contributed by atoms with Crippen molar-refractivity contribution in [2.45, 2.75) is 6.92 Å². The second kappa shape index (κ2) is 7.30. The number of carboxylic acids is 1. The minimum absolute atomic E-state index is 0.386. The van der Waals surface area contributed by atoms with E-state index in [-0.39, 0.29) is 0 Å². The fourth-order valence-electron chi connectivity index (χ4n) is 0.597. The molecule has 5 nitrogen and oxygen atoms in total. The van der Waals surface area contributed by atoms with Crippen LogP contribution in [0.4, 0.5) is 0 Å². The second-order valence-electron chi connectivity index (χ2n) is 2.16. The lowest BCUT2D eigenvalue weighted by Crippen LogP contribution is -2.25. The molecule has 0 saturated heterocycles. The number of ether oxygens (including phenoxy) is 1. The van der Waals surface area contributed by atoms with Crippen LogP contribution in [-0.4, -0.2) is 36.7 Å². The topological polar surface area (TPSA) is 75.6 Å². The lowest BCUT2D eigenvalue weighted by molar-refractivity contribution is -0.131. The van der Waals surface area contributed by atoms with E-state index in [2.05, 4.69) is 5.32 Å². The molecule has 0 aliphatic heterocycles. The van der Waals surface area contributed by atoms with E-state index in [9.17, 15) is 9.59 Å². The molecule has 0 rings (SSSR count). The summed E-state index contributed by atoms with van der Waals surface area (Å²) in [6.45, 7) is 3.27. The molecule has 74 valence electrons. The predicted octanol–water partition coefficient (Wildman–Crippen LogP) is -0.220. The fraction of sp³-hybridized carbons (Fsp3) is 0.500. The summed E-state index contributed by atoms with van der Waals surface area (Å²) in [5, 5.41) is 10.6. The number of carbonyl (C=O) groups is 2. The number of rotatable bonds is 6. The minimum atomic E-state index is -1.14. The molecule has 0 aromatic heterocycles. The highest BCUT2D eigenvalue weighted by Gasteiger charge is 1.94. The molecule has 0 aromatic rings. The fourth-order valence-corrected chi connectivity index (χ4v) is 0.597. The molecule has 13 heavy (non-hydrogen) atoms. The first kappa shape index (κ1) is 11.6. The van der Waals surface area contributed by atoms with Crippen molar-refractivity contribution in [1.82, 2.24) is 5.32 Å². The van der Waals surface area contributed by atoms with Gasteiger partial charge < -0.3 is 15.2 Å². The van der Waals surface area contributed by atoms with Gasteiger partial charge in [-0.3, -0.25) is 4.79 Å². The quantitative estimate of drug-likeness (QED) is 0.445. The highest BCUT2D eigenvalue weighted by atomic mass is 16.5. The Kier molecular flexibility index (Phi) is 6.53. The smallest absolute Gasteiger partial charge is 0.328 e. The van der Waals surface area contributed by atoms with Crippen LogP contribution in [0.25, 0.3) is 0 Å². The van der Waals surface area contributed by atoms with E-state index in [1.165, 1.54) is 0 Å². The zero-order valence-corrected chi connectivity index (χ0v) is 7.45. The largest absolute Gasteiger partial charge is 0.478 e. The molecule has 0 fully saturated rings. The average molecular weight is 187 g/mol. The Bertz CT molecular complexity index is 200. The summed E-state index contributed by atoms with van der Waals surface area (Å²) in [6.07, 6.45) is 1.75. The van der Waals surface area contributed by atoms with Crippen molar-refractivity contribution >= 4 is 11.9 Å². The molecular weight excluding hydrogens is 174 g/mol. The van der Waals surface area contributed by atoms with Gasteiger partial charge in [0.15, 0.2) is 0 Å². The number of aliphatic carboxylic acids is 1. The van der Waals surface area contributed by atoms with Gasteiger partial charge in [-0.05, 0) is 6.92 Å². The summed E-state index contributed by atoms with van der Waals surface area (Å²) in [5.41, 5.74) is 0. The van der Waals surface area contributed by atoms with E-state index in [0.29, 0.717) is 19.8 Å². The maximum absolute atomic E-state index is 10.8. The van der Waals surface area contributed by atoms with E-state index in [1.807, 2.05) is 6.92 Å². The van der Waals surface area contributed by atoms with Gasteiger partial charge in [-0.1, -0.05) is 0 Å². The molecule has 0 radical (unpaired) electrons. The molecule has 0 saturated carbocycles. The Morgan fingerprint density at radius 1 is 1.46 bits per heavy atom. The van der Waals surface area contributed by atoms with Crippen molar-refractivity contribution in [3.63, 3.8) is 0 Å². The first-order chi connectivity index (χ1) is 6.16. The predicted molar refractivity (Wildman–Crippen MR) is 46.3 cm³/mol. The van der Waals surface area contributed by atoms with Crippen LogP contribution >= 0.6 is 0 Å². The molecule has 0 aromatic carbocycles. The van der Waals surface area contributed by atoms with E-state index >= 15 is 0 Å². The average Bonchev–Trinajstić information content (AvgIpc) is 2.09. The molecule has 5 heteroatoms. The van der Waals surface area contributed by atoms with Crippen molar-refractivity contribution < 1.29 is 19.4 Å². The summed E-state index contributed by atoms with van der Waals surface area (Å²) in [4.78, 5) is 20.8. The summed E-state index contributed by atoms with van der Waals surface area (Å²) >= 11 is 0. The molecule has 0 unspecified atom stereocenters. The highest BCUT2D eigenvalue weighted by molar-refractivity contribution is 5.93. The molecule has 2 N–H and O–H groups in total. The van der Waals surface area contributed by atoms with Gasteiger partial charge in [0, 0.05) is 25.3 Å². The van der Waals surface area contributed by atoms with Crippen LogP contribution in [0.1, 0.15) is 6.92 Å². The zero-order valence-electron chi connectivity index (χ0n) is 7.45. The maximum Gasteiger partial charge on any atom is 0.328 e. The first-order valence-electron chi connectivity index (χ1n) is 3.93. The molecule has 0 heterocycles. The molecule has 0 spiro atoms. The van der Waals surface area contributed by atoms with Crippen LogP contribution < -0.4 is 5.32 Å². The zero-order chi connectivity index (χ0) is 10.1. The molecule has 1 amide bonds. The SMILES string of the molecule is CCOCCNC(=O)/C=C/C(=O)O. The van der Waals surface area contributed by atoms with Crippen molar-refractivity contribution in [3.8, 4) is 0 Å². The van der Waals surface area contributed by atoms with Crippen molar-refractivity contribution in [1.29, 1.82) is 0 Å². The summed E-state index contributed by atoms with van der Waals surface area (Å²) in [6, 6.07) is 0. The van der Waals surface area contributed by atoms with Gasteiger partial charge in [0.25, 0.3) is 0 Å². The monoisotopic (exact) mass is 187 g/mol. The van der Waals surface area contributed by atoms with Crippen molar-refractivity contribution in [2.75, 3.05) is 19.8 Å². The van der Waals surface area contributed by atoms with Gasteiger partial charge in [0.2, 0.25) is 5.91 Å². The number of carbonyl (C=O) groups excluding carboxylic acids is 1. The Morgan fingerprint density at radius 3 is 2.69 bits per heavy atom. The Morgan fingerprint density at radius 2 is 2.15 bits per heavy atom. The summed E-state index contributed by atoms with van der Waals surface area (Å²) in [7, 11) is 0. The van der Waals surface area contributed by atoms with Crippen LogP contribution in [0.5, 0.6) is 0 Å². The third-order valence-corrected chi connectivity index (χ3v) is 1.13. The lowest BCUT2D eigenvalue weighted by atomic mass is 10.4. The molecule has 0 aliphatic carbocycles. The number of nitrogens with one attached hydrogen (secondary N) is 1.